The van der Waals surface area contributed by atoms with E-state index >= 15 is 0 Å². The topological polar surface area (TPSA) is 29.5 Å². The van der Waals surface area contributed by atoms with Crippen LogP contribution < -0.4 is 9.64 Å². The largest absolute Gasteiger partial charge is 0.497 e. The molecule has 0 bridgehead atoms. The Hall–Kier alpha value is -1.88. The van der Waals surface area contributed by atoms with Crippen molar-refractivity contribution >= 4 is 27.5 Å². The summed E-state index contributed by atoms with van der Waals surface area (Å²) in [5.74, 6) is -0.332. The molecule has 0 radical (unpaired) electrons. The Bertz CT molecular complexity index is 646. The van der Waals surface area contributed by atoms with Gasteiger partial charge in [-0.15, -0.1) is 0 Å². The van der Waals surface area contributed by atoms with Crippen LogP contribution in [0.2, 0.25) is 0 Å². The molecule has 0 heterocycles. The number of carbonyl (C=O) groups is 1. The van der Waals surface area contributed by atoms with E-state index in [1.54, 1.807) is 44.5 Å². The molecule has 20 heavy (non-hydrogen) atoms. The Morgan fingerprint density at radius 1 is 1.25 bits per heavy atom. The highest BCUT2D eigenvalue weighted by Crippen LogP contribution is 2.23. The monoisotopic (exact) mass is 337 g/mol. The zero-order chi connectivity index (χ0) is 14.7. The predicted octanol–water partition coefficient (Wildman–Crippen LogP) is 3.87. The first-order chi connectivity index (χ1) is 9.52. The molecule has 0 saturated heterocycles. The molecule has 0 aliphatic rings. The third kappa shape index (κ3) is 2.99. The number of halogens is 2. The van der Waals surface area contributed by atoms with Gasteiger partial charge in [-0.25, -0.2) is 4.39 Å². The second-order valence-corrected chi connectivity index (χ2v) is 5.11. The number of hydrogen-bond donors (Lipinski definition) is 0. The quantitative estimate of drug-likeness (QED) is 0.850. The Kier molecular flexibility index (Phi) is 4.39. The maximum atomic E-state index is 13.7. The summed E-state index contributed by atoms with van der Waals surface area (Å²) in [4.78, 5) is 13.7. The third-order valence-electron chi connectivity index (χ3n) is 2.90. The molecule has 0 saturated carbocycles. The first-order valence-corrected chi connectivity index (χ1v) is 6.69. The molecule has 1 amide bonds. The number of nitrogens with zero attached hydrogens (tertiary/aromatic N) is 1. The molecule has 0 aliphatic heterocycles. The van der Waals surface area contributed by atoms with Gasteiger partial charge in [0.05, 0.1) is 12.7 Å². The fraction of sp³-hybridized carbons (Fsp3) is 0.133. The minimum atomic E-state index is -0.548. The fourth-order valence-electron chi connectivity index (χ4n) is 1.78. The summed E-state index contributed by atoms with van der Waals surface area (Å²) in [5, 5.41) is 0. The van der Waals surface area contributed by atoms with Gasteiger partial charge in [0.1, 0.15) is 11.6 Å². The van der Waals surface area contributed by atoms with Gasteiger partial charge in [-0.1, -0.05) is 22.0 Å². The van der Waals surface area contributed by atoms with E-state index in [9.17, 15) is 9.18 Å². The lowest BCUT2D eigenvalue weighted by Crippen LogP contribution is -2.27. The van der Waals surface area contributed by atoms with E-state index in [0.717, 1.165) is 0 Å². The van der Waals surface area contributed by atoms with Crippen LogP contribution in [-0.2, 0) is 0 Å². The van der Waals surface area contributed by atoms with Gasteiger partial charge >= 0.3 is 0 Å². The average Bonchev–Trinajstić information content (AvgIpc) is 2.48. The van der Waals surface area contributed by atoms with Crippen LogP contribution in [0.15, 0.2) is 46.9 Å². The van der Waals surface area contributed by atoms with Crippen LogP contribution in [0.5, 0.6) is 5.75 Å². The van der Waals surface area contributed by atoms with Crippen molar-refractivity contribution in [2.75, 3.05) is 19.1 Å². The fourth-order valence-corrected chi connectivity index (χ4v) is 2.14. The zero-order valence-electron chi connectivity index (χ0n) is 11.1. The predicted molar refractivity (Wildman–Crippen MR) is 79.8 cm³/mol. The minimum absolute atomic E-state index is 0.0182. The van der Waals surface area contributed by atoms with E-state index in [2.05, 4.69) is 15.9 Å². The van der Waals surface area contributed by atoms with Crippen molar-refractivity contribution in [1.82, 2.24) is 0 Å². The Morgan fingerprint density at radius 2 is 2.00 bits per heavy atom. The summed E-state index contributed by atoms with van der Waals surface area (Å²) in [5.41, 5.74) is 0.651. The molecule has 5 heteroatoms. The molecule has 0 atom stereocenters. The van der Waals surface area contributed by atoms with Crippen LogP contribution in [0, 0.1) is 5.82 Å². The lowest BCUT2D eigenvalue weighted by Gasteiger charge is -2.18. The van der Waals surface area contributed by atoms with E-state index in [4.69, 9.17) is 4.74 Å². The second-order valence-electron chi connectivity index (χ2n) is 4.19. The van der Waals surface area contributed by atoms with Gasteiger partial charge in [-0.05, 0) is 30.3 Å². The number of ether oxygens (including phenoxy) is 1. The first kappa shape index (κ1) is 14.5. The van der Waals surface area contributed by atoms with Crippen LogP contribution in [0.1, 0.15) is 10.4 Å². The summed E-state index contributed by atoms with van der Waals surface area (Å²) in [6.07, 6.45) is 0. The van der Waals surface area contributed by atoms with Crippen LogP contribution >= 0.6 is 15.9 Å². The highest BCUT2D eigenvalue weighted by molar-refractivity contribution is 9.10. The SMILES string of the molecule is COc1cccc(N(C)C(=O)c2cc(Br)ccc2F)c1. The summed E-state index contributed by atoms with van der Waals surface area (Å²) < 4.78 is 19.5. The van der Waals surface area contributed by atoms with Crippen LogP contribution in [0.3, 0.4) is 0 Å². The van der Waals surface area contributed by atoms with Gasteiger partial charge < -0.3 is 9.64 Å². The third-order valence-corrected chi connectivity index (χ3v) is 3.40. The van der Waals surface area contributed by atoms with Crippen LogP contribution in [0.4, 0.5) is 10.1 Å². The van der Waals surface area contributed by atoms with Crippen molar-refractivity contribution in [3.63, 3.8) is 0 Å². The van der Waals surface area contributed by atoms with E-state index in [1.807, 2.05) is 0 Å². The average molecular weight is 338 g/mol. The van der Waals surface area contributed by atoms with Crippen molar-refractivity contribution in [3.8, 4) is 5.75 Å². The Labute approximate surface area is 125 Å². The smallest absolute Gasteiger partial charge is 0.261 e. The first-order valence-electron chi connectivity index (χ1n) is 5.90. The molecule has 3 nitrogen and oxygen atoms in total. The van der Waals surface area contributed by atoms with Gasteiger partial charge in [-0.2, -0.15) is 0 Å². The lowest BCUT2D eigenvalue weighted by atomic mass is 10.1. The van der Waals surface area contributed by atoms with Crippen molar-refractivity contribution in [3.05, 3.63) is 58.3 Å². The van der Waals surface area contributed by atoms with Gasteiger partial charge in [0, 0.05) is 23.3 Å². The van der Waals surface area contributed by atoms with Crippen LogP contribution in [0.25, 0.3) is 0 Å². The van der Waals surface area contributed by atoms with Gasteiger partial charge in [0.25, 0.3) is 5.91 Å². The molecular formula is C15H13BrFNO2. The van der Waals surface area contributed by atoms with Crippen molar-refractivity contribution < 1.29 is 13.9 Å². The number of amides is 1. The lowest BCUT2D eigenvalue weighted by molar-refractivity contribution is 0.0989. The molecule has 2 rings (SSSR count). The normalized spacial score (nSPS) is 10.2. The molecule has 2 aromatic rings. The maximum Gasteiger partial charge on any atom is 0.261 e. The van der Waals surface area contributed by atoms with Crippen molar-refractivity contribution in [1.29, 1.82) is 0 Å². The number of anilines is 1. The molecule has 0 N–H and O–H groups in total. The Morgan fingerprint density at radius 3 is 2.70 bits per heavy atom. The van der Waals surface area contributed by atoms with E-state index in [0.29, 0.717) is 15.9 Å². The highest BCUT2D eigenvalue weighted by Gasteiger charge is 2.18. The molecule has 0 aliphatic carbocycles. The molecular weight excluding hydrogens is 325 g/mol. The molecule has 104 valence electrons. The van der Waals surface area contributed by atoms with Crippen molar-refractivity contribution in [2.24, 2.45) is 0 Å². The van der Waals surface area contributed by atoms with E-state index in [1.165, 1.54) is 17.0 Å². The summed E-state index contributed by atoms with van der Waals surface area (Å²) in [6, 6.07) is 11.3. The maximum absolute atomic E-state index is 13.7. The molecule has 2 aromatic carbocycles. The number of benzene rings is 2. The molecule has 0 fully saturated rings. The molecule has 0 spiro atoms. The number of methoxy groups -OCH3 is 1. The van der Waals surface area contributed by atoms with Gasteiger partial charge in [0.15, 0.2) is 0 Å². The van der Waals surface area contributed by atoms with Gasteiger partial charge in [0.2, 0.25) is 0 Å². The Balaban J connectivity index is 2.34. The zero-order valence-corrected chi connectivity index (χ0v) is 12.6. The van der Waals surface area contributed by atoms with Crippen LogP contribution in [-0.4, -0.2) is 20.1 Å². The minimum Gasteiger partial charge on any atom is -0.497 e. The summed E-state index contributed by atoms with van der Waals surface area (Å²) in [7, 11) is 3.15. The molecule has 0 aromatic heterocycles. The van der Waals surface area contributed by atoms with E-state index in [-0.39, 0.29) is 5.56 Å². The standard InChI is InChI=1S/C15H13BrFNO2/c1-18(11-4-3-5-12(9-11)20-2)15(19)13-8-10(16)6-7-14(13)17/h3-9H,1-2H3. The van der Waals surface area contributed by atoms with Gasteiger partial charge in [-0.3, -0.25) is 4.79 Å². The summed E-state index contributed by atoms with van der Waals surface area (Å²) in [6.45, 7) is 0. The van der Waals surface area contributed by atoms with E-state index < -0.39 is 11.7 Å². The number of carbonyl (C=O) groups excluding carboxylic acids is 1. The van der Waals surface area contributed by atoms with Crippen molar-refractivity contribution in [2.45, 2.75) is 0 Å². The number of hydrogen-bond acceptors (Lipinski definition) is 2. The molecule has 0 unspecified atom stereocenters. The second kappa shape index (κ2) is 6.05. The number of rotatable bonds is 3. The highest BCUT2D eigenvalue weighted by atomic mass is 79.9. The summed E-state index contributed by atoms with van der Waals surface area (Å²) >= 11 is 3.24.